The highest BCUT2D eigenvalue weighted by Gasteiger charge is 2.62. The summed E-state index contributed by atoms with van der Waals surface area (Å²) >= 11 is 11.8. The molecular weight excluding hydrogens is 443 g/mol. The lowest BCUT2D eigenvalue weighted by molar-refractivity contribution is -0.162. The first-order chi connectivity index (χ1) is 14.7. The van der Waals surface area contributed by atoms with E-state index >= 15 is 0 Å². The van der Waals surface area contributed by atoms with Gasteiger partial charge in [-0.1, -0.05) is 37.0 Å². The van der Waals surface area contributed by atoms with E-state index in [4.69, 9.17) is 27.9 Å². The van der Waals surface area contributed by atoms with Crippen LogP contribution >= 0.6 is 23.2 Å². The number of anilines is 1. The van der Waals surface area contributed by atoms with Gasteiger partial charge >= 0.3 is 5.97 Å². The van der Waals surface area contributed by atoms with Crippen molar-refractivity contribution in [2.75, 3.05) is 11.9 Å². The van der Waals surface area contributed by atoms with Crippen molar-refractivity contribution >= 4 is 52.6 Å². The maximum absolute atomic E-state index is 13.1. The molecule has 0 radical (unpaired) electrons. The molecule has 1 heterocycles. The Hall–Kier alpha value is -2.12. The van der Waals surface area contributed by atoms with Crippen LogP contribution in [0, 0.1) is 29.6 Å². The molecule has 31 heavy (non-hydrogen) atoms. The summed E-state index contributed by atoms with van der Waals surface area (Å²) in [5.74, 6) is -2.34. The molecular formula is C22H24Cl2N2O5. The molecule has 2 aliphatic carbocycles. The quantitative estimate of drug-likeness (QED) is 0.511. The number of carbonyl (C=O) groups is 4. The highest BCUT2D eigenvalue weighted by molar-refractivity contribution is 6.42. The number of nitrogens with one attached hydrogen (secondary N) is 1. The van der Waals surface area contributed by atoms with Gasteiger partial charge < -0.3 is 10.1 Å². The maximum atomic E-state index is 13.1. The van der Waals surface area contributed by atoms with Gasteiger partial charge in [0, 0.05) is 5.69 Å². The van der Waals surface area contributed by atoms with E-state index in [1.807, 2.05) is 0 Å². The van der Waals surface area contributed by atoms with Crippen LogP contribution in [0.25, 0.3) is 0 Å². The first-order valence-electron chi connectivity index (χ1n) is 10.5. The molecule has 1 N–H and O–H groups in total. The number of benzene rings is 1. The van der Waals surface area contributed by atoms with Gasteiger partial charge in [-0.3, -0.25) is 19.3 Å². The van der Waals surface area contributed by atoms with Crippen molar-refractivity contribution < 1.29 is 23.9 Å². The van der Waals surface area contributed by atoms with Crippen molar-refractivity contribution in [3.8, 4) is 0 Å². The number of hydrogen-bond donors (Lipinski definition) is 1. The van der Waals surface area contributed by atoms with Gasteiger partial charge in [-0.05, 0) is 55.2 Å². The van der Waals surface area contributed by atoms with Crippen LogP contribution in [0.4, 0.5) is 5.69 Å². The van der Waals surface area contributed by atoms with Crippen LogP contribution in [-0.4, -0.2) is 41.2 Å². The zero-order chi connectivity index (χ0) is 22.4. The molecule has 2 saturated carbocycles. The molecule has 7 nitrogen and oxygen atoms in total. The second-order valence-electron chi connectivity index (χ2n) is 8.90. The van der Waals surface area contributed by atoms with E-state index in [9.17, 15) is 19.2 Å². The third kappa shape index (κ3) is 3.94. The lowest BCUT2D eigenvalue weighted by atomic mass is 9.81. The number of nitrogens with zero attached hydrogens (tertiary/aromatic N) is 1. The number of likely N-dealkylation sites (tertiary alicyclic amines) is 1. The molecule has 1 saturated heterocycles. The summed E-state index contributed by atoms with van der Waals surface area (Å²) in [5, 5.41) is 3.20. The molecule has 0 spiro atoms. The molecule has 9 heteroatoms. The second kappa shape index (κ2) is 8.43. The Kier molecular flexibility index (Phi) is 6.01. The molecule has 0 aromatic heterocycles. The van der Waals surface area contributed by atoms with Crippen LogP contribution in [0.15, 0.2) is 18.2 Å². The molecule has 3 amide bonds. The number of fused-ring (bicyclic) bond motifs is 5. The van der Waals surface area contributed by atoms with Crippen molar-refractivity contribution in [3.63, 3.8) is 0 Å². The molecule has 2 bridgehead atoms. The van der Waals surface area contributed by atoms with Gasteiger partial charge in [-0.15, -0.1) is 0 Å². The number of esters is 1. The average molecular weight is 467 g/mol. The lowest BCUT2D eigenvalue weighted by Crippen LogP contribution is -2.50. The number of amides is 3. The number of rotatable bonds is 6. The Morgan fingerprint density at radius 1 is 1.10 bits per heavy atom. The van der Waals surface area contributed by atoms with Crippen LogP contribution in [-0.2, 0) is 23.9 Å². The Labute approximate surface area is 190 Å². The molecule has 4 rings (SSSR count). The molecule has 1 aromatic rings. The van der Waals surface area contributed by atoms with Crippen LogP contribution in [0.1, 0.15) is 33.1 Å². The first-order valence-corrected chi connectivity index (χ1v) is 11.2. The summed E-state index contributed by atoms with van der Waals surface area (Å²) < 4.78 is 5.20. The minimum Gasteiger partial charge on any atom is -0.454 e. The average Bonchev–Trinajstić information content (AvgIpc) is 3.39. The summed E-state index contributed by atoms with van der Waals surface area (Å²) in [6, 6.07) is 3.55. The SMILES string of the molecule is CC(C)[C@@H](C(=O)OCC(=O)Nc1ccc(Cl)c(Cl)c1)N1C(=O)[C@@H]2[C@H]3CC[C@@H](C3)[C@@H]2C1=O. The monoisotopic (exact) mass is 466 g/mol. The van der Waals surface area contributed by atoms with Crippen LogP contribution in [0.5, 0.6) is 0 Å². The van der Waals surface area contributed by atoms with E-state index in [1.165, 1.54) is 12.1 Å². The van der Waals surface area contributed by atoms with E-state index < -0.39 is 24.5 Å². The summed E-state index contributed by atoms with van der Waals surface area (Å²) in [7, 11) is 0. The minimum atomic E-state index is -1.04. The molecule has 166 valence electrons. The van der Waals surface area contributed by atoms with Gasteiger partial charge in [0.25, 0.3) is 5.91 Å². The van der Waals surface area contributed by atoms with Crippen molar-refractivity contribution in [1.82, 2.24) is 4.90 Å². The first kappa shape index (κ1) is 22.1. The Morgan fingerprint density at radius 2 is 1.71 bits per heavy atom. The van der Waals surface area contributed by atoms with Crippen LogP contribution in [0.2, 0.25) is 10.0 Å². The molecule has 3 aliphatic rings. The number of carbonyl (C=O) groups excluding carboxylic acids is 4. The van der Waals surface area contributed by atoms with Gasteiger partial charge in [0.1, 0.15) is 6.04 Å². The summed E-state index contributed by atoms with van der Waals surface area (Å²) in [6.07, 6.45) is 2.85. The maximum Gasteiger partial charge on any atom is 0.330 e. The predicted octanol–water partition coefficient (Wildman–Crippen LogP) is 3.53. The van der Waals surface area contributed by atoms with Gasteiger partial charge in [0.05, 0.1) is 21.9 Å². The normalized spacial score (nSPS) is 27.6. The zero-order valence-corrected chi connectivity index (χ0v) is 18.8. The number of hydrogen-bond acceptors (Lipinski definition) is 5. The van der Waals surface area contributed by atoms with Gasteiger partial charge in [0.15, 0.2) is 6.61 Å². The second-order valence-corrected chi connectivity index (χ2v) is 9.72. The number of ether oxygens (including phenoxy) is 1. The summed E-state index contributed by atoms with van der Waals surface area (Å²) in [4.78, 5) is 52.3. The van der Waals surface area contributed by atoms with E-state index in [0.717, 1.165) is 24.2 Å². The number of imide groups is 1. The van der Waals surface area contributed by atoms with Crippen molar-refractivity contribution in [3.05, 3.63) is 28.2 Å². The molecule has 3 fully saturated rings. The standard InChI is InChI=1S/C22H24Cl2N2O5/c1-10(2)19(26-20(28)17-11-3-4-12(7-11)18(17)21(26)29)22(30)31-9-16(27)25-13-5-6-14(23)15(24)8-13/h5-6,8,10-12,17-19H,3-4,7,9H2,1-2H3,(H,25,27)/t11-,12-,17-,18+,19-/m0/s1. The highest BCUT2D eigenvalue weighted by atomic mass is 35.5. The van der Waals surface area contributed by atoms with E-state index in [1.54, 1.807) is 19.9 Å². The fraction of sp³-hybridized carbons (Fsp3) is 0.545. The van der Waals surface area contributed by atoms with Crippen LogP contribution < -0.4 is 5.32 Å². The Bertz CT molecular complexity index is 922. The highest BCUT2D eigenvalue weighted by Crippen LogP contribution is 2.56. The Morgan fingerprint density at radius 3 is 2.26 bits per heavy atom. The van der Waals surface area contributed by atoms with Crippen molar-refractivity contribution in [1.29, 1.82) is 0 Å². The zero-order valence-electron chi connectivity index (χ0n) is 17.3. The molecule has 0 unspecified atom stereocenters. The van der Waals surface area contributed by atoms with E-state index in [2.05, 4.69) is 5.32 Å². The largest absolute Gasteiger partial charge is 0.454 e. The Balaban J connectivity index is 1.41. The van der Waals surface area contributed by atoms with Gasteiger partial charge in [0.2, 0.25) is 11.8 Å². The summed E-state index contributed by atoms with van der Waals surface area (Å²) in [5.41, 5.74) is 0.407. The third-order valence-corrected chi connectivity index (χ3v) is 7.40. The molecule has 1 aliphatic heterocycles. The lowest BCUT2D eigenvalue weighted by Gasteiger charge is -2.28. The van der Waals surface area contributed by atoms with Gasteiger partial charge in [-0.25, -0.2) is 4.79 Å². The predicted molar refractivity (Wildman–Crippen MR) is 114 cm³/mol. The topological polar surface area (TPSA) is 92.8 Å². The molecule has 5 atom stereocenters. The van der Waals surface area contributed by atoms with Crippen molar-refractivity contribution in [2.24, 2.45) is 29.6 Å². The van der Waals surface area contributed by atoms with Crippen molar-refractivity contribution in [2.45, 2.75) is 39.2 Å². The smallest absolute Gasteiger partial charge is 0.330 e. The van der Waals surface area contributed by atoms with Gasteiger partial charge in [-0.2, -0.15) is 0 Å². The summed E-state index contributed by atoms with van der Waals surface area (Å²) in [6.45, 7) is 2.96. The molecule has 1 aromatic carbocycles. The third-order valence-electron chi connectivity index (χ3n) is 6.66. The number of halogens is 2. The van der Waals surface area contributed by atoms with E-state index in [0.29, 0.717) is 10.7 Å². The fourth-order valence-corrected chi connectivity index (χ4v) is 5.67. The van der Waals surface area contributed by atoms with Crippen LogP contribution in [0.3, 0.4) is 0 Å². The fourth-order valence-electron chi connectivity index (χ4n) is 5.37. The minimum absolute atomic E-state index is 0.234. The van der Waals surface area contributed by atoms with E-state index in [-0.39, 0.29) is 46.4 Å².